The molecule has 0 aliphatic rings. The van der Waals surface area contributed by atoms with Crippen LogP contribution in [-0.2, 0) is 0 Å². The topological polar surface area (TPSA) is 29.1 Å². The van der Waals surface area contributed by atoms with Gasteiger partial charge in [0, 0.05) is 16.0 Å². The molecule has 0 aliphatic carbocycles. The Labute approximate surface area is 112 Å². The molecule has 0 spiro atoms. The van der Waals surface area contributed by atoms with Gasteiger partial charge >= 0.3 is 0 Å². The smallest absolute Gasteiger partial charge is 0.251 e. The lowest BCUT2D eigenvalue weighted by Gasteiger charge is -2.20. The molecule has 1 aromatic heterocycles. The second kappa shape index (κ2) is 4.94. The van der Waals surface area contributed by atoms with Crippen LogP contribution in [0, 0.1) is 0 Å². The van der Waals surface area contributed by atoms with Gasteiger partial charge in [-0.05, 0) is 49.9 Å². The fraction of sp³-hybridized carbons (Fsp3) is 0.267. The molecule has 0 atom stereocenters. The maximum Gasteiger partial charge on any atom is 0.251 e. The Morgan fingerprint density at radius 1 is 1.11 bits per heavy atom. The van der Waals surface area contributed by atoms with E-state index in [1.54, 1.807) is 11.3 Å². The van der Waals surface area contributed by atoms with E-state index in [1.807, 2.05) is 51.1 Å². The van der Waals surface area contributed by atoms with E-state index < -0.39 is 0 Å². The Hall–Kier alpha value is -1.61. The fourth-order valence-electron chi connectivity index (χ4n) is 1.64. The van der Waals surface area contributed by atoms with Crippen molar-refractivity contribution in [2.75, 3.05) is 0 Å². The number of rotatable bonds is 2. The number of nitrogens with one attached hydrogen (secondary N) is 1. The van der Waals surface area contributed by atoms with Crippen molar-refractivity contribution in [2.24, 2.45) is 0 Å². The van der Waals surface area contributed by atoms with Gasteiger partial charge in [-0.3, -0.25) is 4.79 Å². The van der Waals surface area contributed by atoms with Crippen LogP contribution in [0.1, 0.15) is 31.1 Å². The molecule has 3 heteroatoms. The number of carbonyl (C=O) groups is 1. The summed E-state index contributed by atoms with van der Waals surface area (Å²) in [5.41, 5.74) is 1.64. The van der Waals surface area contributed by atoms with Crippen LogP contribution in [0.25, 0.3) is 10.4 Å². The van der Waals surface area contributed by atoms with Gasteiger partial charge in [0.05, 0.1) is 0 Å². The fourth-order valence-corrected chi connectivity index (χ4v) is 2.37. The zero-order chi connectivity index (χ0) is 13.2. The highest BCUT2D eigenvalue weighted by Crippen LogP contribution is 2.24. The highest BCUT2D eigenvalue weighted by atomic mass is 32.1. The van der Waals surface area contributed by atoms with Gasteiger partial charge in [0.15, 0.2) is 0 Å². The molecule has 2 nitrogen and oxygen atoms in total. The lowest BCUT2D eigenvalue weighted by atomic mass is 10.1. The van der Waals surface area contributed by atoms with Crippen LogP contribution in [0.3, 0.4) is 0 Å². The van der Waals surface area contributed by atoms with Gasteiger partial charge in [0.25, 0.3) is 5.91 Å². The first-order valence-corrected chi connectivity index (χ1v) is 6.80. The molecule has 0 aliphatic heterocycles. The highest BCUT2D eigenvalue weighted by molar-refractivity contribution is 7.13. The summed E-state index contributed by atoms with van der Waals surface area (Å²) in [6.45, 7) is 5.93. The zero-order valence-corrected chi connectivity index (χ0v) is 11.7. The molecule has 0 fully saturated rings. The summed E-state index contributed by atoms with van der Waals surface area (Å²) in [6, 6.07) is 11.8. The molecule has 94 valence electrons. The largest absolute Gasteiger partial charge is 0.347 e. The summed E-state index contributed by atoms with van der Waals surface area (Å²) < 4.78 is 0. The van der Waals surface area contributed by atoms with Crippen LogP contribution in [0.2, 0.25) is 0 Å². The Balaban J connectivity index is 2.15. The Kier molecular flexibility index (Phi) is 3.53. The Bertz CT molecular complexity index is 521. The van der Waals surface area contributed by atoms with E-state index in [4.69, 9.17) is 0 Å². The quantitative estimate of drug-likeness (QED) is 0.869. The van der Waals surface area contributed by atoms with E-state index in [2.05, 4.69) is 16.8 Å². The number of carbonyl (C=O) groups excluding carboxylic acids is 1. The van der Waals surface area contributed by atoms with Crippen LogP contribution in [0.15, 0.2) is 41.8 Å². The van der Waals surface area contributed by atoms with Gasteiger partial charge in [-0.2, -0.15) is 0 Å². The summed E-state index contributed by atoms with van der Waals surface area (Å²) in [5.74, 6) is -0.0276. The van der Waals surface area contributed by atoms with Crippen LogP contribution < -0.4 is 5.32 Å². The van der Waals surface area contributed by atoms with E-state index in [1.165, 1.54) is 4.88 Å². The maximum atomic E-state index is 11.9. The molecule has 1 aromatic carbocycles. The maximum absolute atomic E-state index is 11.9. The van der Waals surface area contributed by atoms with E-state index in [0.717, 1.165) is 5.56 Å². The van der Waals surface area contributed by atoms with Gasteiger partial charge in [0.2, 0.25) is 0 Å². The van der Waals surface area contributed by atoms with Crippen molar-refractivity contribution in [3.8, 4) is 10.4 Å². The summed E-state index contributed by atoms with van der Waals surface area (Å²) in [5, 5.41) is 5.00. The first-order chi connectivity index (χ1) is 8.46. The van der Waals surface area contributed by atoms with Crippen molar-refractivity contribution < 1.29 is 4.79 Å². The molecule has 1 amide bonds. The van der Waals surface area contributed by atoms with Gasteiger partial charge < -0.3 is 5.32 Å². The van der Waals surface area contributed by atoms with Crippen molar-refractivity contribution in [2.45, 2.75) is 26.3 Å². The average Bonchev–Trinajstić information content (AvgIpc) is 2.80. The van der Waals surface area contributed by atoms with Crippen molar-refractivity contribution >= 4 is 17.2 Å². The summed E-state index contributed by atoms with van der Waals surface area (Å²) >= 11 is 1.70. The predicted octanol–water partition coefficient (Wildman–Crippen LogP) is 3.94. The van der Waals surface area contributed by atoms with Crippen molar-refractivity contribution in [3.05, 3.63) is 47.3 Å². The Morgan fingerprint density at radius 2 is 1.78 bits per heavy atom. The number of hydrogen-bond donors (Lipinski definition) is 1. The third kappa shape index (κ3) is 3.20. The molecular weight excluding hydrogens is 242 g/mol. The third-order valence-electron chi connectivity index (χ3n) is 2.44. The molecule has 0 saturated heterocycles. The first kappa shape index (κ1) is 12.8. The summed E-state index contributed by atoms with van der Waals surface area (Å²) in [4.78, 5) is 13.2. The molecule has 2 aromatic rings. The molecule has 0 radical (unpaired) electrons. The SMILES string of the molecule is CC(C)(C)NC(=O)c1ccc(-c2cccs2)cc1. The van der Waals surface area contributed by atoms with Gasteiger partial charge in [-0.1, -0.05) is 18.2 Å². The van der Waals surface area contributed by atoms with Crippen LogP contribution in [0.4, 0.5) is 0 Å². The highest BCUT2D eigenvalue weighted by Gasteiger charge is 2.15. The number of thiophene rings is 1. The van der Waals surface area contributed by atoms with Gasteiger partial charge in [-0.25, -0.2) is 0 Å². The standard InChI is InChI=1S/C15H17NOS/c1-15(2,3)16-14(17)12-8-6-11(7-9-12)13-5-4-10-18-13/h4-10H,1-3H3,(H,16,17). The second-order valence-electron chi connectivity index (χ2n) is 5.26. The van der Waals surface area contributed by atoms with Crippen molar-refractivity contribution in [3.63, 3.8) is 0 Å². The number of benzene rings is 1. The molecule has 1 heterocycles. The average molecular weight is 259 g/mol. The molecule has 1 N–H and O–H groups in total. The third-order valence-corrected chi connectivity index (χ3v) is 3.36. The molecular formula is C15H17NOS. The van der Waals surface area contributed by atoms with E-state index >= 15 is 0 Å². The summed E-state index contributed by atoms with van der Waals surface area (Å²) in [6.07, 6.45) is 0. The predicted molar refractivity (Wildman–Crippen MR) is 77.0 cm³/mol. The molecule has 18 heavy (non-hydrogen) atoms. The lowest BCUT2D eigenvalue weighted by molar-refractivity contribution is 0.0919. The van der Waals surface area contributed by atoms with Crippen LogP contribution in [-0.4, -0.2) is 11.4 Å². The van der Waals surface area contributed by atoms with E-state index in [9.17, 15) is 4.79 Å². The van der Waals surface area contributed by atoms with Gasteiger partial charge in [-0.15, -0.1) is 11.3 Å². The van der Waals surface area contributed by atoms with Gasteiger partial charge in [0.1, 0.15) is 0 Å². The normalized spacial score (nSPS) is 11.3. The van der Waals surface area contributed by atoms with Crippen molar-refractivity contribution in [1.29, 1.82) is 0 Å². The van der Waals surface area contributed by atoms with E-state index in [0.29, 0.717) is 5.56 Å². The minimum atomic E-state index is -0.205. The van der Waals surface area contributed by atoms with Crippen LogP contribution in [0.5, 0.6) is 0 Å². The monoisotopic (exact) mass is 259 g/mol. The minimum absolute atomic E-state index is 0.0276. The first-order valence-electron chi connectivity index (χ1n) is 5.92. The number of amides is 1. The lowest BCUT2D eigenvalue weighted by Crippen LogP contribution is -2.40. The molecule has 0 unspecified atom stereocenters. The minimum Gasteiger partial charge on any atom is -0.347 e. The zero-order valence-electron chi connectivity index (χ0n) is 10.9. The molecule has 2 rings (SSSR count). The summed E-state index contributed by atoms with van der Waals surface area (Å²) in [7, 11) is 0. The second-order valence-corrected chi connectivity index (χ2v) is 6.21. The van der Waals surface area contributed by atoms with Crippen molar-refractivity contribution in [1.82, 2.24) is 5.32 Å². The number of hydrogen-bond acceptors (Lipinski definition) is 2. The molecule has 0 saturated carbocycles. The van der Waals surface area contributed by atoms with E-state index in [-0.39, 0.29) is 11.4 Å². The molecule has 0 bridgehead atoms. The van der Waals surface area contributed by atoms with Crippen LogP contribution >= 0.6 is 11.3 Å². The Morgan fingerprint density at radius 3 is 2.28 bits per heavy atom.